The van der Waals surface area contributed by atoms with Crippen molar-refractivity contribution in [3.8, 4) is 5.75 Å². The normalized spacial score (nSPS) is 11.9. The highest BCUT2D eigenvalue weighted by molar-refractivity contribution is 7.99. The summed E-state index contributed by atoms with van der Waals surface area (Å²) in [7, 11) is 1.88. The lowest BCUT2D eigenvalue weighted by Gasteiger charge is -2.14. The lowest BCUT2D eigenvalue weighted by Crippen LogP contribution is -2.10. The van der Waals surface area contributed by atoms with Gasteiger partial charge < -0.3 is 9.30 Å². The maximum atomic E-state index is 12.2. The van der Waals surface area contributed by atoms with Crippen molar-refractivity contribution in [3.63, 3.8) is 0 Å². The maximum absolute atomic E-state index is 12.2. The van der Waals surface area contributed by atoms with Crippen molar-refractivity contribution in [2.75, 3.05) is 5.75 Å². The van der Waals surface area contributed by atoms with Gasteiger partial charge >= 0.3 is 0 Å². The molecular weight excluding hydrogens is 334 g/mol. The Hall–Kier alpha value is -2.60. The van der Waals surface area contributed by atoms with Gasteiger partial charge in [-0.3, -0.25) is 4.79 Å². The summed E-state index contributed by atoms with van der Waals surface area (Å²) in [4.78, 5) is 12.2. The van der Waals surface area contributed by atoms with Crippen molar-refractivity contribution >= 4 is 17.5 Å². The largest absolute Gasteiger partial charge is 0.483 e. The number of para-hydroxylation sites is 1. The zero-order chi connectivity index (χ0) is 17.6. The van der Waals surface area contributed by atoms with Crippen molar-refractivity contribution in [1.29, 1.82) is 0 Å². The molecule has 5 nitrogen and oxygen atoms in total. The van der Waals surface area contributed by atoms with E-state index in [0.717, 1.165) is 11.6 Å². The molecule has 1 heterocycles. The summed E-state index contributed by atoms with van der Waals surface area (Å²) in [5.74, 6) is 1.90. The number of nitrogens with zero attached hydrogens (tertiary/aromatic N) is 3. The average Bonchev–Trinajstić information content (AvgIpc) is 3.02. The van der Waals surface area contributed by atoms with Crippen molar-refractivity contribution in [1.82, 2.24) is 14.8 Å². The lowest BCUT2D eigenvalue weighted by atomic mass is 10.2. The number of carbonyl (C=O) groups is 1. The molecule has 0 aliphatic heterocycles. The first kappa shape index (κ1) is 17.2. The summed E-state index contributed by atoms with van der Waals surface area (Å²) in [5, 5.41) is 9.10. The van der Waals surface area contributed by atoms with Gasteiger partial charge in [0.05, 0.1) is 5.75 Å². The first-order valence-corrected chi connectivity index (χ1v) is 8.95. The number of carbonyl (C=O) groups excluding carboxylic acids is 1. The molecule has 3 aromatic rings. The van der Waals surface area contributed by atoms with Gasteiger partial charge in [-0.1, -0.05) is 60.3 Å². The fourth-order valence-electron chi connectivity index (χ4n) is 2.40. The van der Waals surface area contributed by atoms with E-state index in [4.69, 9.17) is 4.74 Å². The van der Waals surface area contributed by atoms with Gasteiger partial charge in [0.25, 0.3) is 0 Å². The SMILES string of the molecule is CC(Oc1ccccc1)c1nnc(SCC(=O)c2ccccc2)n1C. The Morgan fingerprint density at radius 1 is 1.08 bits per heavy atom. The number of benzene rings is 2. The number of Topliss-reactive ketones (excluding diaryl/α,β-unsaturated/α-hetero) is 1. The third kappa shape index (κ3) is 4.28. The van der Waals surface area contributed by atoms with E-state index in [9.17, 15) is 4.79 Å². The molecule has 0 fully saturated rings. The molecule has 1 unspecified atom stereocenters. The number of thioether (sulfide) groups is 1. The van der Waals surface area contributed by atoms with E-state index in [-0.39, 0.29) is 11.9 Å². The highest BCUT2D eigenvalue weighted by Crippen LogP contribution is 2.23. The van der Waals surface area contributed by atoms with E-state index >= 15 is 0 Å². The highest BCUT2D eigenvalue weighted by atomic mass is 32.2. The van der Waals surface area contributed by atoms with Crippen LogP contribution in [0.4, 0.5) is 0 Å². The summed E-state index contributed by atoms with van der Waals surface area (Å²) >= 11 is 1.38. The molecular formula is C19H19N3O2S. The smallest absolute Gasteiger partial charge is 0.191 e. The molecule has 0 N–H and O–H groups in total. The molecule has 6 heteroatoms. The number of aromatic nitrogens is 3. The second-order valence-electron chi connectivity index (χ2n) is 5.55. The number of ketones is 1. The molecule has 25 heavy (non-hydrogen) atoms. The van der Waals surface area contributed by atoms with Crippen LogP contribution < -0.4 is 4.74 Å². The van der Waals surface area contributed by atoms with Crippen molar-refractivity contribution in [2.45, 2.75) is 18.2 Å². The number of ether oxygens (including phenoxy) is 1. The van der Waals surface area contributed by atoms with E-state index in [2.05, 4.69) is 10.2 Å². The first-order valence-electron chi connectivity index (χ1n) is 7.97. The third-order valence-corrected chi connectivity index (χ3v) is 4.74. The second-order valence-corrected chi connectivity index (χ2v) is 6.49. The average molecular weight is 353 g/mol. The Balaban J connectivity index is 1.64. The molecule has 3 rings (SSSR count). The molecule has 0 amide bonds. The molecule has 0 bridgehead atoms. The van der Waals surface area contributed by atoms with E-state index in [0.29, 0.717) is 16.5 Å². The molecule has 0 radical (unpaired) electrons. The third-order valence-electron chi connectivity index (χ3n) is 3.72. The zero-order valence-electron chi connectivity index (χ0n) is 14.1. The van der Waals surface area contributed by atoms with Crippen molar-refractivity contribution in [2.24, 2.45) is 7.05 Å². The second kappa shape index (κ2) is 7.98. The molecule has 128 valence electrons. The predicted molar refractivity (Wildman–Crippen MR) is 98.0 cm³/mol. The van der Waals surface area contributed by atoms with Crippen LogP contribution in [0.5, 0.6) is 5.75 Å². The molecule has 0 spiro atoms. The topological polar surface area (TPSA) is 57.0 Å². The molecule has 0 aliphatic rings. The molecule has 0 aliphatic carbocycles. The van der Waals surface area contributed by atoms with Crippen LogP contribution in [0.3, 0.4) is 0 Å². The Kier molecular flexibility index (Phi) is 5.50. The van der Waals surface area contributed by atoms with Crippen LogP contribution in [0, 0.1) is 0 Å². The van der Waals surface area contributed by atoms with Crippen LogP contribution in [0.2, 0.25) is 0 Å². The van der Waals surface area contributed by atoms with Crippen LogP contribution in [0.25, 0.3) is 0 Å². The molecule has 1 aromatic heterocycles. The van der Waals surface area contributed by atoms with Gasteiger partial charge in [0.2, 0.25) is 0 Å². The first-order chi connectivity index (χ1) is 12.1. The van der Waals surface area contributed by atoms with E-state index in [1.807, 2.05) is 79.2 Å². The Morgan fingerprint density at radius 2 is 1.72 bits per heavy atom. The molecule has 2 aromatic carbocycles. The molecule has 1 atom stereocenters. The van der Waals surface area contributed by atoms with Crippen molar-refractivity contribution in [3.05, 3.63) is 72.1 Å². The van der Waals surface area contributed by atoms with Gasteiger partial charge in [0, 0.05) is 12.6 Å². The van der Waals surface area contributed by atoms with Gasteiger partial charge in [0.1, 0.15) is 5.75 Å². The molecule has 0 saturated carbocycles. The van der Waals surface area contributed by atoms with Crippen LogP contribution in [-0.4, -0.2) is 26.3 Å². The molecule has 0 saturated heterocycles. The van der Waals surface area contributed by atoms with Gasteiger partial charge in [-0.15, -0.1) is 10.2 Å². The summed E-state index contributed by atoms with van der Waals surface area (Å²) in [6.07, 6.45) is -0.237. The lowest BCUT2D eigenvalue weighted by molar-refractivity contribution is 0.102. The standard InChI is InChI=1S/C19H19N3O2S/c1-14(24-16-11-7-4-8-12-16)18-20-21-19(22(18)2)25-13-17(23)15-9-5-3-6-10-15/h3-12,14H,13H2,1-2H3. The highest BCUT2D eigenvalue weighted by Gasteiger charge is 2.18. The number of rotatable bonds is 7. The zero-order valence-corrected chi connectivity index (χ0v) is 14.9. The van der Waals surface area contributed by atoms with E-state index in [1.54, 1.807) is 0 Å². The van der Waals surface area contributed by atoms with Crippen molar-refractivity contribution < 1.29 is 9.53 Å². The Labute approximate surface area is 151 Å². The number of hydrogen-bond donors (Lipinski definition) is 0. The van der Waals surface area contributed by atoms with Gasteiger partial charge in [-0.05, 0) is 19.1 Å². The van der Waals surface area contributed by atoms with Gasteiger partial charge in [0.15, 0.2) is 22.9 Å². The minimum Gasteiger partial charge on any atom is -0.483 e. The van der Waals surface area contributed by atoms with E-state index in [1.165, 1.54) is 11.8 Å². The summed E-state index contributed by atoms with van der Waals surface area (Å²) in [6, 6.07) is 18.9. The summed E-state index contributed by atoms with van der Waals surface area (Å²) < 4.78 is 7.76. The predicted octanol–water partition coefficient (Wildman–Crippen LogP) is 3.93. The van der Waals surface area contributed by atoms with Crippen LogP contribution in [-0.2, 0) is 7.05 Å². The van der Waals surface area contributed by atoms with Crippen LogP contribution in [0.1, 0.15) is 29.2 Å². The Bertz CT molecular complexity index is 834. The van der Waals surface area contributed by atoms with Crippen LogP contribution >= 0.6 is 11.8 Å². The fourth-order valence-corrected chi connectivity index (χ4v) is 3.21. The quantitative estimate of drug-likeness (QED) is 0.476. The summed E-state index contributed by atoms with van der Waals surface area (Å²) in [6.45, 7) is 1.93. The minimum absolute atomic E-state index is 0.0729. The number of hydrogen-bond acceptors (Lipinski definition) is 5. The Morgan fingerprint density at radius 3 is 2.40 bits per heavy atom. The van der Waals surface area contributed by atoms with Gasteiger partial charge in [-0.25, -0.2) is 0 Å². The van der Waals surface area contributed by atoms with Gasteiger partial charge in [-0.2, -0.15) is 0 Å². The summed E-state index contributed by atoms with van der Waals surface area (Å²) in [5.41, 5.74) is 0.707. The minimum atomic E-state index is -0.237. The van der Waals surface area contributed by atoms with Crippen LogP contribution in [0.15, 0.2) is 65.8 Å². The maximum Gasteiger partial charge on any atom is 0.191 e. The van der Waals surface area contributed by atoms with E-state index < -0.39 is 0 Å². The fraction of sp³-hybridized carbons (Fsp3) is 0.211. The monoisotopic (exact) mass is 353 g/mol.